The topological polar surface area (TPSA) is 80.6 Å². The molecule has 0 aromatic heterocycles. The summed E-state index contributed by atoms with van der Waals surface area (Å²) in [5, 5.41) is 34.0. The summed E-state index contributed by atoms with van der Waals surface area (Å²) in [4.78, 5) is 10.5. The number of aliphatic hydroxyl groups is 2. The van der Waals surface area contributed by atoms with Gasteiger partial charge in [0.15, 0.2) is 0 Å². The average molecular weight is 684 g/mol. The number of hydrogen-bond acceptors (Lipinski definition) is 4. The molecule has 0 heterocycles. The van der Waals surface area contributed by atoms with E-state index < -0.39 is 11.6 Å². The standard InChI is InChI=1S/C45H80O4/c1-34(2)22-21-23-35(3)37-25-26-38-42-39(27-29-44(37,38)5)43(4)30-31-45(49,33-36(43)32-40(42)46)28-20-18-16-14-12-10-8-6-7-9-11-13-15-17-19-24-41(47)48/h32,34-35,37-40,42,46,49H,6-31,33H2,1-5H3,(H,47,48)/p-1/t35-,37-,38+,39+,40?,42+,43+,44-,45+/m1/s1. The van der Waals surface area contributed by atoms with Gasteiger partial charge in [-0.3, -0.25) is 0 Å². The zero-order chi connectivity index (χ0) is 35.5. The number of fused-ring (bicyclic) bond motifs is 5. The van der Waals surface area contributed by atoms with Crippen LogP contribution < -0.4 is 5.11 Å². The van der Waals surface area contributed by atoms with Crippen molar-refractivity contribution in [3.8, 4) is 0 Å². The number of carbonyl (C=O) groups is 1. The quantitative estimate of drug-likeness (QED) is 0.0830. The van der Waals surface area contributed by atoms with Crippen LogP contribution in [-0.2, 0) is 4.79 Å². The molecular weight excluding hydrogens is 604 g/mol. The monoisotopic (exact) mass is 684 g/mol. The first kappa shape index (κ1) is 40.9. The van der Waals surface area contributed by atoms with E-state index in [1.807, 2.05) is 0 Å². The number of carboxylic acids is 1. The van der Waals surface area contributed by atoms with Crippen molar-refractivity contribution in [3.05, 3.63) is 11.6 Å². The van der Waals surface area contributed by atoms with Crippen molar-refractivity contribution >= 4 is 5.97 Å². The maximum atomic E-state index is 11.8. The van der Waals surface area contributed by atoms with Gasteiger partial charge in [0.1, 0.15) is 0 Å². The molecule has 0 radical (unpaired) electrons. The number of carbonyl (C=O) groups excluding carboxylic acids is 1. The molecule has 0 saturated heterocycles. The third-order valence-corrected chi connectivity index (χ3v) is 15.0. The van der Waals surface area contributed by atoms with Crippen LogP contribution >= 0.6 is 0 Å². The number of unbranched alkanes of at least 4 members (excludes halogenated alkanes) is 14. The first-order chi connectivity index (χ1) is 23.4. The number of aliphatic hydroxyl groups excluding tert-OH is 1. The van der Waals surface area contributed by atoms with Crippen LogP contribution in [0.15, 0.2) is 11.6 Å². The van der Waals surface area contributed by atoms with Crippen LogP contribution in [0.3, 0.4) is 0 Å². The molecule has 0 amide bonds. The van der Waals surface area contributed by atoms with Gasteiger partial charge in [-0.15, -0.1) is 0 Å². The highest BCUT2D eigenvalue weighted by Crippen LogP contribution is 2.68. The Hall–Kier alpha value is -0.870. The van der Waals surface area contributed by atoms with E-state index >= 15 is 0 Å². The molecule has 49 heavy (non-hydrogen) atoms. The maximum Gasteiger partial charge on any atom is 0.0757 e. The molecule has 4 rings (SSSR count). The van der Waals surface area contributed by atoms with E-state index in [-0.39, 0.29) is 17.9 Å². The summed E-state index contributed by atoms with van der Waals surface area (Å²) < 4.78 is 0. The van der Waals surface area contributed by atoms with E-state index in [1.54, 1.807) is 0 Å². The van der Waals surface area contributed by atoms with Crippen molar-refractivity contribution in [2.75, 3.05) is 0 Å². The fourth-order valence-corrected chi connectivity index (χ4v) is 12.0. The molecule has 4 aliphatic carbocycles. The molecule has 0 aliphatic heterocycles. The van der Waals surface area contributed by atoms with Gasteiger partial charge in [-0.25, -0.2) is 0 Å². The van der Waals surface area contributed by atoms with Gasteiger partial charge in [0.2, 0.25) is 0 Å². The molecule has 3 fully saturated rings. The predicted molar refractivity (Wildman–Crippen MR) is 203 cm³/mol. The Labute approximate surface area is 303 Å². The van der Waals surface area contributed by atoms with Gasteiger partial charge in [-0.05, 0) is 111 Å². The van der Waals surface area contributed by atoms with Crippen molar-refractivity contribution in [2.45, 2.75) is 220 Å². The molecule has 4 aliphatic rings. The zero-order valence-corrected chi connectivity index (χ0v) is 32.9. The second-order valence-corrected chi connectivity index (χ2v) is 19.0. The summed E-state index contributed by atoms with van der Waals surface area (Å²) in [6.07, 6.45) is 33.6. The highest BCUT2D eigenvalue weighted by molar-refractivity contribution is 5.64. The van der Waals surface area contributed by atoms with Crippen LogP contribution in [0.4, 0.5) is 0 Å². The highest BCUT2D eigenvalue weighted by atomic mass is 16.4. The molecule has 9 atom stereocenters. The van der Waals surface area contributed by atoms with Crippen molar-refractivity contribution in [3.63, 3.8) is 0 Å². The molecular formula is C45H79O4-. The van der Waals surface area contributed by atoms with E-state index in [0.717, 1.165) is 69.1 Å². The number of hydrogen-bond donors (Lipinski definition) is 2. The summed E-state index contributed by atoms with van der Waals surface area (Å²) in [6, 6.07) is 0. The largest absolute Gasteiger partial charge is 0.550 e. The van der Waals surface area contributed by atoms with Crippen molar-refractivity contribution in [2.24, 2.45) is 46.3 Å². The second-order valence-electron chi connectivity index (χ2n) is 19.0. The molecule has 3 saturated carbocycles. The number of carboxylic acid groups (broad SMARTS) is 1. The van der Waals surface area contributed by atoms with Crippen LogP contribution in [-0.4, -0.2) is 27.9 Å². The van der Waals surface area contributed by atoms with Gasteiger partial charge < -0.3 is 20.1 Å². The minimum atomic E-state index is -0.914. The van der Waals surface area contributed by atoms with E-state index in [1.165, 1.54) is 121 Å². The lowest BCUT2D eigenvalue weighted by Crippen LogP contribution is -2.56. The lowest BCUT2D eigenvalue weighted by molar-refractivity contribution is -0.305. The molecule has 284 valence electrons. The molecule has 4 nitrogen and oxygen atoms in total. The summed E-state index contributed by atoms with van der Waals surface area (Å²) in [5.41, 5.74) is 1.34. The summed E-state index contributed by atoms with van der Waals surface area (Å²) in [7, 11) is 0. The first-order valence-corrected chi connectivity index (χ1v) is 21.7. The average Bonchev–Trinajstić information content (AvgIpc) is 3.40. The molecule has 0 aromatic rings. The van der Waals surface area contributed by atoms with Crippen LogP contribution in [0.5, 0.6) is 0 Å². The predicted octanol–water partition coefficient (Wildman–Crippen LogP) is 11.1. The molecule has 2 N–H and O–H groups in total. The van der Waals surface area contributed by atoms with Crippen molar-refractivity contribution in [1.29, 1.82) is 0 Å². The summed E-state index contributed by atoms with van der Waals surface area (Å²) >= 11 is 0. The highest BCUT2D eigenvalue weighted by Gasteiger charge is 2.61. The molecule has 1 unspecified atom stereocenters. The Morgan fingerprint density at radius 1 is 0.755 bits per heavy atom. The maximum absolute atomic E-state index is 11.8. The summed E-state index contributed by atoms with van der Waals surface area (Å²) in [6.45, 7) is 12.4. The summed E-state index contributed by atoms with van der Waals surface area (Å²) in [5.74, 6) is 3.10. The molecule has 0 aromatic carbocycles. The van der Waals surface area contributed by atoms with E-state index in [9.17, 15) is 20.1 Å². The van der Waals surface area contributed by atoms with Crippen LogP contribution in [0, 0.1) is 46.3 Å². The van der Waals surface area contributed by atoms with E-state index in [2.05, 4.69) is 40.7 Å². The van der Waals surface area contributed by atoms with Crippen LogP contribution in [0.25, 0.3) is 0 Å². The van der Waals surface area contributed by atoms with Gasteiger partial charge in [0.25, 0.3) is 0 Å². The lowest BCUT2D eigenvalue weighted by Gasteiger charge is -2.60. The minimum absolute atomic E-state index is 0.153. The van der Waals surface area contributed by atoms with Gasteiger partial charge >= 0.3 is 0 Å². The van der Waals surface area contributed by atoms with Crippen LogP contribution in [0.1, 0.15) is 208 Å². The second kappa shape index (κ2) is 19.3. The fourth-order valence-electron chi connectivity index (χ4n) is 12.0. The van der Waals surface area contributed by atoms with Gasteiger partial charge in [0.05, 0.1) is 11.7 Å². The third-order valence-electron chi connectivity index (χ3n) is 15.0. The van der Waals surface area contributed by atoms with Crippen LogP contribution in [0.2, 0.25) is 0 Å². The van der Waals surface area contributed by atoms with Crippen molar-refractivity contribution < 1.29 is 20.1 Å². The molecule has 0 spiro atoms. The van der Waals surface area contributed by atoms with E-state index in [0.29, 0.717) is 23.2 Å². The lowest BCUT2D eigenvalue weighted by atomic mass is 9.45. The smallest absolute Gasteiger partial charge is 0.0757 e. The number of rotatable bonds is 23. The Balaban J connectivity index is 1.12. The van der Waals surface area contributed by atoms with E-state index in [4.69, 9.17) is 0 Å². The van der Waals surface area contributed by atoms with Gasteiger partial charge in [-0.1, -0.05) is 155 Å². The minimum Gasteiger partial charge on any atom is -0.550 e. The van der Waals surface area contributed by atoms with Gasteiger partial charge in [0, 0.05) is 5.97 Å². The zero-order valence-electron chi connectivity index (χ0n) is 32.9. The normalized spacial score (nSPS) is 34.7. The Kier molecular flexibility index (Phi) is 16.1. The molecule has 4 heteroatoms. The Morgan fingerprint density at radius 3 is 1.90 bits per heavy atom. The number of aliphatic carboxylic acids is 1. The SMILES string of the molecule is CC(C)CCC[C@@H](C)[C@H]1CC[C@H]2[C@@H]3C(O)C=C4C[C@](O)(CCCCCCCCCCCCCCCCCC(=O)[O-])CC[C@]4(C)[C@H]3CC[C@]12C. The third kappa shape index (κ3) is 11.1. The fraction of sp³-hybridized carbons (Fsp3) is 0.933. The molecule has 0 bridgehead atoms. The van der Waals surface area contributed by atoms with Gasteiger partial charge in [-0.2, -0.15) is 0 Å². The Morgan fingerprint density at radius 2 is 1.33 bits per heavy atom. The van der Waals surface area contributed by atoms with Crippen molar-refractivity contribution in [1.82, 2.24) is 0 Å². The Bertz CT molecular complexity index is 1020. The first-order valence-electron chi connectivity index (χ1n) is 21.7.